The molecule has 18 heavy (non-hydrogen) atoms. The topological polar surface area (TPSA) is 105 Å². The second-order valence-electron chi connectivity index (χ2n) is 3.00. The van der Waals surface area contributed by atoms with Gasteiger partial charge in [0.15, 0.2) is 5.75 Å². The lowest BCUT2D eigenvalue weighted by atomic mass is 10.2. The van der Waals surface area contributed by atoms with E-state index in [9.17, 15) is 0 Å². The molecule has 0 amide bonds. The first-order valence-corrected chi connectivity index (χ1v) is 7.00. The van der Waals surface area contributed by atoms with Crippen LogP contribution in [0.1, 0.15) is 5.56 Å². The van der Waals surface area contributed by atoms with Crippen LogP contribution >= 0.6 is 21.0 Å². The summed E-state index contributed by atoms with van der Waals surface area (Å²) in [4.78, 5) is 13.2. The van der Waals surface area contributed by atoms with Crippen LogP contribution in [0.3, 0.4) is 0 Å². The monoisotopic (exact) mass is 366 g/mol. The van der Waals surface area contributed by atoms with Crippen LogP contribution in [0.5, 0.6) is 5.75 Å². The average Bonchev–Trinajstić information content (AvgIpc) is 2.36. The van der Waals surface area contributed by atoms with E-state index in [1.54, 1.807) is 16.4 Å². The molecule has 0 atom stereocenters. The van der Waals surface area contributed by atoms with E-state index in [0.29, 0.717) is 17.5 Å². The normalized spacial score (nSPS) is 12.2. The van der Waals surface area contributed by atoms with E-state index in [-0.39, 0.29) is 0 Å². The Bertz CT molecular complexity index is 396. The predicted octanol–water partition coefficient (Wildman–Crippen LogP) is 2.30. The third-order valence-electron chi connectivity index (χ3n) is 1.64. The second kappa shape index (κ2) is 9.02. The Morgan fingerprint density at radius 2 is 2.17 bits per heavy atom. The molecule has 0 saturated heterocycles. The predicted molar refractivity (Wildman–Crippen MR) is 74.2 cm³/mol. The number of hydrogen-bond acceptors (Lipinski definition) is 7. The Hall–Kier alpha value is -0.980. The third-order valence-corrected chi connectivity index (χ3v) is 2.60. The van der Waals surface area contributed by atoms with Gasteiger partial charge in [0.05, 0.1) is 31.8 Å². The molecule has 9 heteroatoms. The van der Waals surface area contributed by atoms with E-state index >= 15 is 0 Å². The van der Waals surface area contributed by atoms with Gasteiger partial charge < -0.3 is 10.7 Å². The van der Waals surface area contributed by atoms with Crippen LogP contribution in [0, 0.1) is 0 Å². The van der Waals surface area contributed by atoms with Crippen LogP contribution < -0.4 is 10.7 Å². The van der Waals surface area contributed by atoms with Crippen molar-refractivity contribution < 1.29 is 14.9 Å². The molecule has 0 aliphatic rings. The molecule has 3 N–H and O–H groups in total. The van der Waals surface area contributed by atoms with E-state index in [2.05, 4.69) is 18.3 Å². The van der Waals surface area contributed by atoms with Crippen molar-refractivity contribution in [1.29, 1.82) is 0 Å². The summed E-state index contributed by atoms with van der Waals surface area (Å²) in [5, 5.41) is 4.94. The minimum absolute atomic E-state index is 0.464. The largest absolute Gasteiger partial charge is 0.582 e. The zero-order chi connectivity index (χ0) is 13.2. The summed E-state index contributed by atoms with van der Waals surface area (Å²) in [6.07, 6.45) is 0. The van der Waals surface area contributed by atoms with Crippen molar-refractivity contribution in [1.82, 2.24) is 5.17 Å². The van der Waals surface area contributed by atoms with Gasteiger partial charge in [0.25, 0.3) is 0 Å². The van der Waals surface area contributed by atoms with E-state index < -0.39 is 21.0 Å². The molecule has 1 aromatic carbocycles. The number of aliphatic imine (C=N–C) groups is 1. The maximum atomic E-state index is 6.86. The Kier molecular flexibility index (Phi) is 7.55. The molecule has 0 bridgehead atoms. The van der Waals surface area contributed by atoms with E-state index in [1.165, 1.54) is 7.05 Å². The maximum absolute atomic E-state index is 6.86. The van der Waals surface area contributed by atoms with E-state index in [1.807, 2.05) is 12.1 Å². The van der Waals surface area contributed by atoms with E-state index in [0.717, 1.165) is 5.56 Å². The highest BCUT2D eigenvalue weighted by atomic mass is 127. The van der Waals surface area contributed by atoms with Crippen LogP contribution in [-0.4, -0.2) is 16.4 Å². The molecular formula is C9H13IN5O3-. The number of rotatable bonds is 7. The van der Waals surface area contributed by atoms with Crippen LogP contribution in [-0.2, 0) is 16.6 Å². The Morgan fingerprint density at radius 3 is 2.78 bits per heavy atom. The Labute approximate surface area is 114 Å². The molecule has 0 spiro atoms. The third kappa shape index (κ3) is 6.68. The van der Waals surface area contributed by atoms with Crippen LogP contribution in [0.25, 0.3) is 5.84 Å². The fraction of sp³-hybridized carbons (Fsp3) is 0.222. The van der Waals surface area contributed by atoms with Crippen molar-refractivity contribution in [3.8, 4) is 5.75 Å². The fourth-order valence-corrected chi connectivity index (χ4v) is 1.46. The van der Waals surface area contributed by atoms with Gasteiger partial charge >= 0.3 is 0 Å². The zero-order valence-electron chi connectivity index (χ0n) is 9.62. The molecule has 0 radical (unpaired) electrons. The van der Waals surface area contributed by atoms with Gasteiger partial charge in [0, 0.05) is 5.04 Å². The molecule has 0 aromatic heterocycles. The molecule has 0 unspecified atom stereocenters. The number of nitrogens with zero attached hydrogens (tertiary/aromatic N) is 3. The van der Waals surface area contributed by atoms with Crippen molar-refractivity contribution in [3.05, 3.63) is 35.7 Å². The number of benzene rings is 1. The molecule has 100 valence electrons. The minimum atomic E-state index is -0.464. The summed E-state index contributed by atoms with van der Waals surface area (Å²) in [5.74, 6) is 12.3. The molecule has 0 saturated carbocycles. The summed E-state index contributed by atoms with van der Waals surface area (Å²) in [5.41, 5.74) is 1.03. The highest BCUT2D eigenvalue weighted by Gasteiger charge is 1.96. The summed E-state index contributed by atoms with van der Waals surface area (Å²) in [6, 6.07) is 7.11. The maximum Gasteiger partial charge on any atom is 0.168 e. The second-order valence-corrected chi connectivity index (χ2v) is 4.67. The Morgan fingerprint density at radius 1 is 1.44 bits per heavy atom. The molecule has 0 aliphatic carbocycles. The number of halogens is 1. The minimum Gasteiger partial charge on any atom is -0.582 e. The smallest absolute Gasteiger partial charge is 0.168 e. The molecule has 0 fully saturated rings. The van der Waals surface area contributed by atoms with Crippen molar-refractivity contribution in [2.24, 2.45) is 14.1 Å². The fourth-order valence-electron chi connectivity index (χ4n) is 0.947. The lowest BCUT2D eigenvalue weighted by Gasteiger charge is -2.15. The first kappa shape index (κ1) is 15.1. The van der Waals surface area contributed by atoms with Gasteiger partial charge in [-0.15, -0.1) is 4.99 Å². The van der Waals surface area contributed by atoms with Gasteiger partial charge in [0.1, 0.15) is 0 Å². The summed E-state index contributed by atoms with van der Waals surface area (Å²) in [6.45, 7) is 0.572. The number of hydrogen-bond donors (Lipinski definition) is 1. The summed E-state index contributed by atoms with van der Waals surface area (Å²) < 4.78 is 5.27. The van der Waals surface area contributed by atoms with Crippen LogP contribution in [0.2, 0.25) is 0 Å². The van der Waals surface area contributed by atoms with Gasteiger partial charge in [-0.25, -0.2) is 5.84 Å². The van der Waals surface area contributed by atoms with Crippen LogP contribution in [0.15, 0.2) is 32.5 Å². The first-order chi connectivity index (χ1) is 8.72. The van der Waals surface area contributed by atoms with Gasteiger partial charge in [0.2, 0.25) is 0 Å². The molecule has 1 rings (SSSR count). The highest BCUT2D eigenvalue weighted by molar-refractivity contribution is 14.2. The molecule has 0 aliphatic heterocycles. The van der Waals surface area contributed by atoms with Crippen molar-refractivity contribution in [2.75, 3.05) is 7.05 Å². The first-order valence-electron chi connectivity index (χ1n) is 4.79. The summed E-state index contributed by atoms with van der Waals surface area (Å²) >= 11 is -0.464. The van der Waals surface area contributed by atoms with Crippen molar-refractivity contribution >= 4 is 25.3 Å². The number of nitrogens with one attached hydrogen (secondary N) is 1. The van der Waals surface area contributed by atoms with Crippen molar-refractivity contribution in [3.63, 3.8) is 0 Å². The quantitative estimate of drug-likeness (QED) is 0.262. The molecular weight excluding hydrogens is 353 g/mol. The number of hydroxylamine groups is 1. The Balaban J connectivity index is 2.37. The standard InChI is InChI=1S/C9H13IN5O3/c1-15(12)17-18-16-9-4-2-8(3-5-9)6-13-7-10-14-11/h2-5,7,12H,6,11H2,1H3/q-1. The lowest BCUT2D eigenvalue weighted by molar-refractivity contribution is -0.533. The van der Waals surface area contributed by atoms with Crippen LogP contribution in [0.4, 0.5) is 0 Å². The SMILES string of the molecule is CN([NH-])OOOc1ccc(CN=CI=NN)cc1. The average molecular weight is 366 g/mol. The molecule has 1 aromatic rings. The summed E-state index contributed by atoms with van der Waals surface area (Å²) in [7, 11) is 1.35. The lowest BCUT2D eigenvalue weighted by Crippen LogP contribution is -2.10. The van der Waals surface area contributed by atoms with Crippen molar-refractivity contribution in [2.45, 2.75) is 6.54 Å². The molecule has 0 heterocycles. The van der Waals surface area contributed by atoms with E-state index in [4.69, 9.17) is 16.6 Å². The van der Waals surface area contributed by atoms with Gasteiger partial charge in [-0.05, 0) is 24.7 Å². The number of nitrogens with two attached hydrogens (primary N) is 1. The van der Waals surface area contributed by atoms with Gasteiger partial charge in [-0.3, -0.25) is 10.2 Å². The molecule has 8 nitrogen and oxygen atoms in total. The van der Waals surface area contributed by atoms with Gasteiger partial charge in [-0.1, -0.05) is 12.1 Å². The zero-order valence-corrected chi connectivity index (χ0v) is 11.8. The van der Waals surface area contributed by atoms with Gasteiger partial charge in [-0.2, -0.15) is 3.25 Å². The highest BCUT2D eigenvalue weighted by Crippen LogP contribution is 2.13.